The lowest BCUT2D eigenvalue weighted by molar-refractivity contribution is 0.163. The molecule has 1 rings (SSSR count). The number of hydrogen-bond acceptors (Lipinski definition) is 2. The molecule has 0 aromatic carbocycles. The summed E-state index contributed by atoms with van der Waals surface area (Å²) in [5.41, 5.74) is 0. The van der Waals surface area contributed by atoms with Crippen molar-refractivity contribution in [3.8, 4) is 0 Å². The number of aliphatic hydroxyl groups is 1. The maximum absolute atomic E-state index is 10.6. The van der Waals surface area contributed by atoms with Crippen molar-refractivity contribution < 1.29 is 9.66 Å². The van der Waals surface area contributed by atoms with Crippen molar-refractivity contribution in [1.82, 2.24) is 0 Å². The summed E-state index contributed by atoms with van der Waals surface area (Å²) >= 11 is -0.621. The minimum Gasteiger partial charge on any atom is -0.616 e. The van der Waals surface area contributed by atoms with Crippen molar-refractivity contribution in [3.63, 3.8) is 0 Å². The van der Waals surface area contributed by atoms with Gasteiger partial charge in [0.2, 0.25) is 0 Å². The zero-order valence-electron chi connectivity index (χ0n) is 4.67. The monoisotopic (exact) mass is 134 g/mol. The fraction of sp³-hybridized carbons (Fsp3) is 1.00. The molecule has 8 heavy (non-hydrogen) atoms. The van der Waals surface area contributed by atoms with Gasteiger partial charge in [-0.1, -0.05) is 11.2 Å². The fourth-order valence-corrected chi connectivity index (χ4v) is 2.06. The Labute approximate surface area is 52.1 Å². The molecular formula is C5H10O2S. The van der Waals surface area contributed by atoms with E-state index in [-0.39, 0.29) is 6.10 Å². The molecule has 0 aliphatic carbocycles. The molecule has 0 amide bonds. The van der Waals surface area contributed by atoms with Crippen LogP contribution in [-0.4, -0.2) is 27.3 Å². The van der Waals surface area contributed by atoms with Gasteiger partial charge in [-0.05, 0) is 0 Å². The van der Waals surface area contributed by atoms with Gasteiger partial charge in [0, 0.05) is 12.8 Å². The van der Waals surface area contributed by atoms with E-state index < -0.39 is 11.2 Å². The van der Waals surface area contributed by atoms with Gasteiger partial charge in [-0.2, -0.15) is 0 Å². The molecule has 3 heteroatoms. The average molecular weight is 134 g/mol. The Hall–Kier alpha value is 0.270. The summed E-state index contributed by atoms with van der Waals surface area (Å²) in [4.78, 5) is 0. The zero-order chi connectivity index (χ0) is 5.98. The van der Waals surface area contributed by atoms with Gasteiger partial charge >= 0.3 is 0 Å². The van der Waals surface area contributed by atoms with Gasteiger partial charge in [-0.15, -0.1) is 0 Å². The SMILES string of the molecule is [O-][S@+]1CC[C@@H](O)CC1. The van der Waals surface area contributed by atoms with Gasteiger partial charge in [0.05, 0.1) is 6.10 Å². The maximum atomic E-state index is 10.6. The summed E-state index contributed by atoms with van der Waals surface area (Å²) in [6, 6.07) is 0. The van der Waals surface area contributed by atoms with Crippen molar-refractivity contribution in [2.24, 2.45) is 0 Å². The normalized spacial score (nSPS) is 39.8. The molecule has 1 aliphatic rings. The second kappa shape index (κ2) is 2.71. The van der Waals surface area contributed by atoms with Gasteiger partial charge in [0.25, 0.3) is 0 Å². The standard InChI is InChI=1S/C5H10O2S/c6-5-1-3-8(7)4-2-5/h5-6H,1-4H2/t5-,8-. The van der Waals surface area contributed by atoms with E-state index in [2.05, 4.69) is 0 Å². The van der Waals surface area contributed by atoms with Crippen molar-refractivity contribution in [3.05, 3.63) is 0 Å². The summed E-state index contributed by atoms with van der Waals surface area (Å²) in [6.45, 7) is 0. The van der Waals surface area contributed by atoms with Crippen LogP contribution in [0.25, 0.3) is 0 Å². The minimum absolute atomic E-state index is 0.173. The summed E-state index contributed by atoms with van der Waals surface area (Å²) in [5.74, 6) is 1.39. The first-order valence-corrected chi connectivity index (χ1v) is 4.31. The molecular weight excluding hydrogens is 124 g/mol. The largest absolute Gasteiger partial charge is 0.616 e. The van der Waals surface area contributed by atoms with Crippen LogP contribution in [0, 0.1) is 0 Å². The predicted molar refractivity (Wildman–Crippen MR) is 33.1 cm³/mol. The first-order chi connectivity index (χ1) is 3.79. The molecule has 1 heterocycles. The Morgan fingerprint density at radius 3 is 2.25 bits per heavy atom. The molecule has 0 radical (unpaired) electrons. The van der Waals surface area contributed by atoms with E-state index in [0.29, 0.717) is 11.5 Å². The lowest BCUT2D eigenvalue weighted by atomic mass is 10.2. The Kier molecular flexibility index (Phi) is 2.16. The summed E-state index contributed by atoms with van der Waals surface area (Å²) in [5, 5.41) is 8.89. The lowest BCUT2D eigenvalue weighted by Gasteiger charge is -2.19. The highest BCUT2D eigenvalue weighted by molar-refractivity contribution is 7.91. The molecule has 1 aliphatic heterocycles. The third-order valence-electron chi connectivity index (χ3n) is 1.36. The Morgan fingerprint density at radius 1 is 1.38 bits per heavy atom. The van der Waals surface area contributed by atoms with E-state index in [1.807, 2.05) is 0 Å². The molecule has 1 fully saturated rings. The zero-order valence-corrected chi connectivity index (χ0v) is 5.49. The Balaban J connectivity index is 2.19. The molecule has 2 nitrogen and oxygen atoms in total. The van der Waals surface area contributed by atoms with Crippen LogP contribution >= 0.6 is 0 Å². The van der Waals surface area contributed by atoms with Gasteiger partial charge in [0.15, 0.2) is 0 Å². The predicted octanol–water partition coefficient (Wildman–Crippen LogP) is -0.110. The third-order valence-corrected chi connectivity index (χ3v) is 2.74. The van der Waals surface area contributed by atoms with Crippen LogP contribution in [0.4, 0.5) is 0 Å². The number of hydrogen-bond donors (Lipinski definition) is 1. The van der Waals surface area contributed by atoms with E-state index in [0.717, 1.165) is 12.8 Å². The van der Waals surface area contributed by atoms with Crippen molar-refractivity contribution >= 4 is 11.2 Å². The summed E-state index contributed by atoms with van der Waals surface area (Å²) in [6.07, 6.45) is 1.28. The third kappa shape index (κ3) is 1.65. The summed E-state index contributed by atoms with van der Waals surface area (Å²) < 4.78 is 10.6. The van der Waals surface area contributed by atoms with E-state index >= 15 is 0 Å². The molecule has 0 unspecified atom stereocenters. The van der Waals surface area contributed by atoms with E-state index in [1.54, 1.807) is 0 Å². The van der Waals surface area contributed by atoms with Gasteiger partial charge in [-0.3, -0.25) is 0 Å². The smallest absolute Gasteiger partial charge is 0.108 e. The second-order valence-corrected chi connectivity index (χ2v) is 3.78. The highest BCUT2D eigenvalue weighted by atomic mass is 32.2. The quantitative estimate of drug-likeness (QED) is 0.470. The van der Waals surface area contributed by atoms with Crippen LogP contribution in [0.5, 0.6) is 0 Å². The van der Waals surface area contributed by atoms with Crippen molar-refractivity contribution in [1.29, 1.82) is 0 Å². The van der Waals surface area contributed by atoms with Crippen LogP contribution in [0.3, 0.4) is 0 Å². The summed E-state index contributed by atoms with van der Waals surface area (Å²) in [7, 11) is 0. The van der Waals surface area contributed by atoms with Gasteiger partial charge in [-0.25, -0.2) is 0 Å². The molecule has 0 spiro atoms. The minimum atomic E-state index is -0.621. The molecule has 0 saturated carbocycles. The van der Waals surface area contributed by atoms with Crippen molar-refractivity contribution in [2.75, 3.05) is 11.5 Å². The molecule has 1 saturated heterocycles. The van der Waals surface area contributed by atoms with E-state index in [9.17, 15) is 4.55 Å². The number of rotatable bonds is 0. The fourth-order valence-electron chi connectivity index (χ4n) is 0.781. The second-order valence-electron chi connectivity index (χ2n) is 2.08. The molecule has 1 N–H and O–H groups in total. The lowest BCUT2D eigenvalue weighted by Crippen LogP contribution is -2.26. The van der Waals surface area contributed by atoms with Crippen LogP contribution < -0.4 is 0 Å². The van der Waals surface area contributed by atoms with Crippen LogP contribution in [-0.2, 0) is 11.2 Å². The highest BCUT2D eigenvalue weighted by Gasteiger charge is 2.18. The van der Waals surface area contributed by atoms with E-state index in [4.69, 9.17) is 5.11 Å². The van der Waals surface area contributed by atoms with E-state index in [1.165, 1.54) is 0 Å². The Bertz CT molecular complexity index is 58.8. The number of aliphatic hydroxyl groups excluding tert-OH is 1. The average Bonchev–Trinajstić information content (AvgIpc) is 1.77. The van der Waals surface area contributed by atoms with Crippen molar-refractivity contribution in [2.45, 2.75) is 18.9 Å². The van der Waals surface area contributed by atoms with Gasteiger partial charge < -0.3 is 9.66 Å². The van der Waals surface area contributed by atoms with Gasteiger partial charge in [0.1, 0.15) is 11.5 Å². The molecule has 0 bridgehead atoms. The first-order valence-electron chi connectivity index (χ1n) is 2.82. The Morgan fingerprint density at radius 2 is 1.88 bits per heavy atom. The maximum Gasteiger partial charge on any atom is 0.108 e. The first kappa shape index (κ1) is 6.39. The van der Waals surface area contributed by atoms with Crippen LogP contribution in [0.15, 0.2) is 0 Å². The molecule has 0 aromatic rings. The van der Waals surface area contributed by atoms with Crippen LogP contribution in [0.2, 0.25) is 0 Å². The topological polar surface area (TPSA) is 43.3 Å². The van der Waals surface area contributed by atoms with Crippen LogP contribution in [0.1, 0.15) is 12.8 Å². The molecule has 0 atom stereocenters. The molecule has 0 aromatic heterocycles. The molecule has 48 valence electrons. The highest BCUT2D eigenvalue weighted by Crippen LogP contribution is 2.10.